The summed E-state index contributed by atoms with van der Waals surface area (Å²) in [7, 11) is 1.68. The first kappa shape index (κ1) is 10.5. The molecule has 1 aromatic carbocycles. The largest absolute Gasteiger partial charge is 0.497 e. The molecule has 0 aromatic heterocycles. The third-order valence-corrected chi connectivity index (χ3v) is 3.08. The van der Waals surface area contributed by atoms with Gasteiger partial charge in [0.1, 0.15) is 5.75 Å². The van der Waals surface area contributed by atoms with Crippen molar-refractivity contribution in [3.8, 4) is 5.75 Å². The standard InChI is InChI=1S/C12H18N2O/c1-15-10-4-2-9(3-5-10)11-8-14-7-6-12(11)13/h2-5,11-12,14H,6-8,13H2,1H3/t11-,12+/m0/s1. The molecule has 0 spiro atoms. The van der Waals surface area contributed by atoms with E-state index in [0.29, 0.717) is 5.92 Å². The van der Waals surface area contributed by atoms with Gasteiger partial charge < -0.3 is 15.8 Å². The van der Waals surface area contributed by atoms with Crippen molar-refractivity contribution in [1.82, 2.24) is 5.32 Å². The van der Waals surface area contributed by atoms with Crippen LogP contribution in [0.15, 0.2) is 24.3 Å². The number of piperidine rings is 1. The summed E-state index contributed by atoms with van der Waals surface area (Å²) >= 11 is 0. The Hall–Kier alpha value is -1.06. The van der Waals surface area contributed by atoms with E-state index >= 15 is 0 Å². The van der Waals surface area contributed by atoms with Crippen molar-refractivity contribution >= 4 is 0 Å². The fourth-order valence-corrected chi connectivity index (χ4v) is 2.10. The first-order valence-electron chi connectivity index (χ1n) is 5.41. The zero-order valence-corrected chi connectivity index (χ0v) is 9.07. The number of hydrogen-bond donors (Lipinski definition) is 2. The third-order valence-electron chi connectivity index (χ3n) is 3.08. The van der Waals surface area contributed by atoms with Gasteiger partial charge in [-0.3, -0.25) is 0 Å². The van der Waals surface area contributed by atoms with Crippen LogP contribution < -0.4 is 15.8 Å². The average molecular weight is 206 g/mol. The van der Waals surface area contributed by atoms with Crippen LogP contribution >= 0.6 is 0 Å². The molecule has 1 fully saturated rings. The molecule has 0 saturated carbocycles. The lowest BCUT2D eigenvalue weighted by molar-refractivity contribution is 0.400. The summed E-state index contributed by atoms with van der Waals surface area (Å²) in [6.07, 6.45) is 1.05. The molecule has 0 aliphatic carbocycles. The number of rotatable bonds is 2. The Kier molecular flexibility index (Phi) is 3.23. The first-order chi connectivity index (χ1) is 7.31. The summed E-state index contributed by atoms with van der Waals surface area (Å²) in [6.45, 7) is 2.02. The maximum Gasteiger partial charge on any atom is 0.118 e. The van der Waals surface area contributed by atoms with Gasteiger partial charge in [-0.1, -0.05) is 12.1 Å². The van der Waals surface area contributed by atoms with E-state index in [-0.39, 0.29) is 6.04 Å². The predicted octanol–water partition coefficient (Wildman–Crippen LogP) is 1.10. The molecule has 82 valence electrons. The Bertz CT molecular complexity index is 310. The van der Waals surface area contributed by atoms with Gasteiger partial charge in [0.15, 0.2) is 0 Å². The van der Waals surface area contributed by atoms with Gasteiger partial charge in [0.2, 0.25) is 0 Å². The average Bonchev–Trinajstić information content (AvgIpc) is 2.30. The zero-order chi connectivity index (χ0) is 10.7. The number of nitrogens with one attached hydrogen (secondary N) is 1. The smallest absolute Gasteiger partial charge is 0.118 e. The zero-order valence-electron chi connectivity index (χ0n) is 9.07. The summed E-state index contributed by atoms with van der Waals surface area (Å²) in [5.41, 5.74) is 7.41. The van der Waals surface area contributed by atoms with Crippen LogP contribution in [0.1, 0.15) is 17.9 Å². The molecule has 15 heavy (non-hydrogen) atoms. The summed E-state index contributed by atoms with van der Waals surface area (Å²) in [5.74, 6) is 1.33. The Balaban J connectivity index is 2.13. The number of hydrogen-bond acceptors (Lipinski definition) is 3. The van der Waals surface area contributed by atoms with Crippen molar-refractivity contribution in [2.75, 3.05) is 20.2 Å². The van der Waals surface area contributed by atoms with E-state index in [2.05, 4.69) is 17.4 Å². The summed E-state index contributed by atoms with van der Waals surface area (Å²) < 4.78 is 5.14. The monoisotopic (exact) mass is 206 g/mol. The van der Waals surface area contributed by atoms with Gasteiger partial charge in [-0.05, 0) is 30.7 Å². The molecule has 0 unspecified atom stereocenters. The number of benzene rings is 1. The van der Waals surface area contributed by atoms with Crippen LogP contribution in [-0.4, -0.2) is 26.2 Å². The van der Waals surface area contributed by atoms with Gasteiger partial charge in [0, 0.05) is 18.5 Å². The van der Waals surface area contributed by atoms with Crippen LogP contribution in [0.2, 0.25) is 0 Å². The minimum Gasteiger partial charge on any atom is -0.497 e. The van der Waals surface area contributed by atoms with Crippen molar-refractivity contribution < 1.29 is 4.74 Å². The van der Waals surface area contributed by atoms with Gasteiger partial charge in [-0.15, -0.1) is 0 Å². The molecule has 3 N–H and O–H groups in total. The second-order valence-corrected chi connectivity index (χ2v) is 4.04. The highest BCUT2D eigenvalue weighted by Crippen LogP contribution is 2.24. The van der Waals surface area contributed by atoms with E-state index in [9.17, 15) is 0 Å². The lowest BCUT2D eigenvalue weighted by Gasteiger charge is -2.29. The molecule has 3 heteroatoms. The van der Waals surface area contributed by atoms with E-state index in [1.165, 1.54) is 5.56 Å². The number of nitrogens with two attached hydrogens (primary N) is 1. The van der Waals surface area contributed by atoms with Crippen LogP contribution in [0.5, 0.6) is 5.75 Å². The second-order valence-electron chi connectivity index (χ2n) is 4.04. The van der Waals surface area contributed by atoms with E-state index in [1.807, 2.05) is 12.1 Å². The van der Waals surface area contributed by atoms with E-state index < -0.39 is 0 Å². The lowest BCUT2D eigenvalue weighted by Crippen LogP contribution is -2.43. The van der Waals surface area contributed by atoms with E-state index in [1.54, 1.807) is 7.11 Å². The predicted molar refractivity (Wildman–Crippen MR) is 61.2 cm³/mol. The van der Waals surface area contributed by atoms with Crippen LogP contribution in [0.3, 0.4) is 0 Å². The molecule has 1 aromatic rings. The highest BCUT2D eigenvalue weighted by molar-refractivity contribution is 5.30. The molecule has 1 saturated heterocycles. The topological polar surface area (TPSA) is 47.3 Å². The summed E-state index contributed by atoms with van der Waals surface area (Å²) in [6, 6.07) is 8.49. The van der Waals surface area contributed by atoms with Gasteiger partial charge in [-0.2, -0.15) is 0 Å². The normalized spacial score (nSPS) is 26.3. The van der Waals surface area contributed by atoms with Gasteiger partial charge in [0.05, 0.1) is 7.11 Å². The van der Waals surface area contributed by atoms with Crippen molar-refractivity contribution in [3.05, 3.63) is 29.8 Å². The molecule has 3 nitrogen and oxygen atoms in total. The summed E-state index contributed by atoms with van der Waals surface area (Å²) in [4.78, 5) is 0. The van der Waals surface area contributed by atoms with E-state index in [4.69, 9.17) is 10.5 Å². The van der Waals surface area contributed by atoms with Crippen molar-refractivity contribution in [2.45, 2.75) is 18.4 Å². The highest BCUT2D eigenvalue weighted by Gasteiger charge is 2.22. The van der Waals surface area contributed by atoms with Crippen molar-refractivity contribution in [1.29, 1.82) is 0 Å². The molecule has 1 aliphatic rings. The Morgan fingerprint density at radius 3 is 2.67 bits per heavy atom. The molecule has 0 amide bonds. The van der Waals surface area contributed by atoms with Gasteiger partial charge >= 0.3 is 0 Å². The fourth-order valence-electron chi connectivity index (χ4n) is 2.10. The lowest BCUT2D eigenvalue weighted by atomic mass is 9.87. The molecule has 0 bridgehead atoms. The van der Waals surface area contributed by atoms with Crippen LogP contribution in [0.4, 0.5) is 0 Å². The van der Waals surface area contributed by atoms with Crippen molar-refractivity contribution in [2.24, 2.45) is 5.73 Å². The molecule has 2 atom stereocenters. The quantitative estimate of drug-likeness (QED) is 0.761. The maximum absolute atomic E-state index is 6.11. The SMILES string of the molecule is COc1ccc([C@@H]2CNCC[C@H]2N)cc1. The Morgan fingerprint density at radius 2 is 2.07 bits per heavy atom. The minimum absolute atomic E-state index is 0.277. The molecule has 2 rings (SSSR count). The third kappa shape index (κ3) is 2.30. The Labute approximate surface area is 90.6 Å². The summed E-state index contributed by atoms with van der Waals surface area (Å²) in [5, 5.41) is 3.38. The molecule has 1 aliphatic heterocycles. The van der Waals surface area contributed by atoms with Crippen molar-refractivity contribution in [3.63, 3.8) is 0 Å². The van der Waals surface area contributed by atoms with Crippen LogP contribution in [0.25, 0.3) is 0 Å². The van der Waals surface area contributed by atoms with Gasteiger partial charge in [-0.25, -0.2) is 0 Å². The molecular weight excluding hydrogens is 188 g/mol. The second kappa shape index (κ2) is 4.64. The fraction of sp³-hybridized carbons (Fsp3) is 0.500. The molecule has 0 radical (unpaired) electrons. The maximum atomic E-state index is 6.11. The first-order valence-corrected chi connectivity index (χ1v) is 5.41. The molecular formula is C12H18N2O. The number of ether oxygens (including phenoxy) is 1. The van der Waals surface area contributed by atoms with Gasteiger partial charge in [0.25, 0.3) is 0 Å². The highest BCUT2D eigenvalue weighted by atomic mass is 16.5. The Morgan fingerprint density at radius 1 is 1.33 bits per heavy atom. The van der Waals surface area contributed by atoms with Crippen LogP contribution in [0, 0.1) is 0 Å². The van der Waals surface area contributed by atoms with Crippen LogP contribution in [-0.2, 0) is 0 Å². The van der Waals surface area contributed by atoms with E-state index in [0.717, 1.165) is 25.3 Å². The molecule has 1 heterocycles. The number of methoxy groups -OCH3 is 1. The minimum atomic E-state index is 0.277.